The molecular weight excluding hydrogens is 432 g/mol. The highest BCUT2D eigenvalue weighted by Gasteiger charge is 2.35. The molecule has 0 aliphatic rings. The van der Waals surface area contributed by atoms with Crippen LogP contribution in [0.15, 0.2) is 77.7 Å². The molecule has 1 rings (SSSR count). The summed E-state index contributed by atoms with van der Waals surface area (Å²) in [6, 6.07) is 3.41. The number of halogens is 3. The van der Waals surface area contributed by atoms with Crippen molar-refractivity contribution in [2.45, 2.75) is 40.2 Å². The number of aliphatic imine (C=N–C) groups is 1. The van der Waals surface area contributed by atoms with E-state index in [1.807, 2.05) is 26.0 Å². The summed E-state index contributed by atoms with van der Waals surface area (Å²) in [7, 11) is 0. The third-order valence-corrected chi connectivity index (χ3v) is 5.20. The van der Waals surface area contributed by atoms with Gasteiger partial charge in [-0.1, -0.05) is 37.8 Å². The maximum absolute atomic E-state index is 14.0. The molecule has 0 bridgehead atoms. The quantitative estimate of drug-likeness (QED) is 0.157. The Kier molecular flexibility index (Phi) is 11.9. The van der Waals surface area contributed by atoms with Gasteiger partial charge in [-0.15, -0.1) is 11.6 Å². The van der Waals surface area contributed by atoms with Gasteiger partial charge in [-0.2, -0.15) is 0 Å². The van der Waals surface area contributed by atoms with Crippen LogP contribution < -0.4 is 0 Å². The van der Waals surface area contributed by atoms with Crippen molar-refractivity contribution in [2.75, 3.05) is 12.5 Å². The number of nitrogens with zero attached hydrogens (tertiary/aromatic N) is 1. The molecule has 32 heavy (non-hydrogen) atoms. The molecule has 0 heterocycles. The summed E-state index contributed by atoms with van der Waals surface area (Å²) in [4.78, 5) is 4.11. The van der Waals surface area contributed by atoms with Gasteiger partial charge in [-0.05, 0) is 56.0 Å². The van der Waals surface area contributed by atoms with Crippen LogP contribution in [0.5, 0.6) is 0 Å². The van der Waals surface area contributed by atoms with Gasteiger partial charge in [-0.25, -0.2) is 8.78 Å². The zero-order chi connectivity index (χ0) is 24.1. The first kappa shape index (κ1) is 27.5. The van der Waals surface area contributed by atoms with Crippen molar-refractivity contribution in [3.05, 3.63) is 89.9 Å². The molecule has 1 aromatic rings. The molecule has 0 fully saturated rings. The maximum atomic E-state index is 14.0. The smallest absolute Gasteiger partial charge is 0.133 e. The summed E-state index contributed by atoms with van der Waals surface area (Å²) in [5.74, 6) is -0.995. The van der Waals surface area contributed by atoms with Crippen LogP contribution in [0.3, 0.4) is 0 Å². The highest BCUT2D eigenvalue weighted by atomic mass is 35.5. The predicted molar refractivity (Wildman–Crippen MR) is 131 cm³/mol. The number of rotatable bonds is 12. The lowest BCUT2D eigenvalue weighted by molar-refractivity contribution is 0.113. The van der Waals surface area contributed by atoms with Gasteiger partial charge in [0.2, 0.25) is 0 Å². The van der Waals surface area contributed by atoms with Crippen LogP contribution in [0.4, 0.5) is 8.78 Å². The van der Waals surface area contributed by atoms with E-state index in [2.05, 4.69) is 11.6 Å². The molecule has 0 aromatic heterocycles. The van der Waals surface area contributed by atoms with Crippen LogP contribution in [0, 0.1) is 17.0 Å². The summed E-state index contributed by atoms with van der Waals surface area (Å²) in [6.45, 7) is 11.1. The summed E-state index contributed by atoms with van der Waals surface area (Å²) >= 11 is 5.88. The van der Waals surface area contributed by atoms with Gasteiger partial charge in [0.1, 0.15) is 18.2 Å². The summed E-state index contributed by atoms with van der Waals surface area (Å²) < 4.78 is 33.0. The number of hydrogen-bond donors (Lipinski definition) is 1. The van der Waals surface area contributed by atoms with Gasteiger partial charge in [-0.3, -0.25) is 4.99 Å². The lowest BCUT2D eigenvalue weighted by Gasteiger charge is -2.35. The lowest BCUT2D eigenvalue weighted by atomic mass is 9.74. The van der Waals surface area contributed by atoms with Crippen molar-refractivity contribution in [3.63, 3.8) is 0 Å². The van der Waals surface area contributed by atoms with E-state index in [9.17, 15) is 13.9 Å². The van der Waals surface area contributed by atoms with Gasteiger partial charge in [0.15, 0.2) is 0 Å². The average Bonchev–Trinajstić information content (AvgIpc) is 2.76. The predicted octanol–water partition coefficient (Wildman–Crippen LogP) is 7.00. The second-order valence-corrected chi connectivity index (χ2v) is 7.83. The zero-order valence-electron chi connectivity index (χ0n) is 19.1. The molecule has 2 unspecified atom stereocenters. The van der Waals surface area contributed by atoms with Gasteiger partial charge in [0, 0.05) is 35.3 Å². The second kappa shape index (κ2) is 13.8. The molecule has 0 aliphatic carbocycles. The Bertz CT molecular complexity index is 918. The molecule has 0 aliphatic heterocycles. The first-order valence-electron chi connectivity index (χ1n) is 10.4. The Hall–Kier alpha value is -2.50. The van der Waals surface area contributed by atoms with Crippen molar-refractivity contribution < 1.29 is 18.6 Å². The molecule has 1 N–H and O–H groups in total. The Morgan fingerprint density at radius 2 is 2.06 bits per heavy atom. The Morgan fingerprint density at radius 3 is 2.66 bits per heavy atom. The van der Waals surface area contributed by atoms with E-state index in [0.29, 0.717) is 17.0 Å². The van der Waals surface area contributed by atoms with Crippen molar-refractivity contribution in [1.82, 2.24) is 0 Å². The van der Waals surface area contributed by atoms with Crippen LogP contribution in [-0.4, -0.2) is 29.9 Å². The van der Waals surface area contributed by atoms with E-state index < -0.39 is 23.2 Å². The minimum atomic E-state index is -0.884. The fourth-order valence-corrected chi connectivity index (χ4v) is 3.33. The van der Waals surface area contributed by atoms with E-state index in [0.717, 1.165) is 18.1 Å². The largest absolute Gasteiger partial charge is 0.497 e. The van der Waals surface area contributed by atoms with Crippen LogP contribution in [-0.2, 0) is 4.74 Å². The number of alkyl halides is 1. The average molecular weight is 464 g/mol. The van der Waals surface area contributed by atoms with Gasteiger partial charge < -0.3 is 9.84 Å². The lowest BCUT2D eigenvalue weighted by Crippen LogP contribution is -2.35. The number of aliphatic hydroxyl groups excluding tert-OH is 1. The zero-order valence-corrected chi connectivity index (χ0v) is 19.9. The molecule has 0 amide bonds. The van der Waals surface area contributed by atoms with E-state index >= 15 is 0 Å². The number of benzene rings is 1. The molecule has 1 aromatic carbocycles. The van der Waals surface area contributed by atoms with E-state index in [1.54, 1.807) is 32.2 Å². The molecule has 0 saturated carbocycles. The Labute approximate surface area is 195 Å². The highest BCUT2D eigenvalue weighted by molar-refractivity contribution is 6.18. The second-order valence-electron chi connectivity index (χ2n) is 7.52. The van der Waals surface area contributed by atoms with E-state index in [-0.39, 0.29) is 12.2 Å². The van der Waals surface area contributed by atoms with E-state index in [4.69, 9.17) is 16.3 Å². The molecular formula is C26H32ClF2NO2. The molecule has 0 spiro atoms. The van der Waals surface area contributed by atoms with E-state index in [1.165, 1.54) is 24.6 Å². The number of allylic oxidation sites excluding steroid dienone is 4. The van der Waals surface area contributed by atoms with Crippen LogP contribution in [0.2, 0.25) is 0 Å². The number of hydrogen-bond acceptors (Lipinski definition) is 3. The standard InChI is InChI=1S/C26H32ClF2NO2/c1-6-9-21(18-32-17-20(4)23-11-10-22(28)15-24(23)29)26(5,12-8-13-27)25(31)19(3)16-30-14-7-2/h7-12,14-17,25,31H,2,6,13,18H2,1,3-5H3/b12-8-,19-16+,20-17+,21-9+,30-14?. The highest BCUT2D eigenvalue weighted by Crippen LogP contribution is 2.37. The third-order valence-electron chi connectivity index (χ3n) is 5.02. The molecule has 0 radical (unpaired) electrons. The first-order valence-corrected chi connectivity index (χ1v) is 10.9. The molecule has 0 saturated heterocycles. The summed E-state index contributed by atoms with van der Waals surface area (Å²) in [5, 5.41) is 11.1. The minimum Gasteiger partial charge on any atom is -0.497 e. The first-order chi connectivity index (χ1) is 15.2. The van der Waals surface area contributed by atoms with Gasteiger partial charge in [0.05, 0.1) is 12.4 Å². The summed E-state index contributed by atoms with van der Waals surface area (Å²) in [5.41, 5.74) is 1.46. The SMILES string of the molecule is C=CC=N/C=C(\C)C(O)C(C)(/C=C\CCl)/C(=C/CC)CO/C=C(\C)c1ccc(F)cc1F. The molecule has 2 atom stereocenters. The topological polar surface area (TPSA) is 41.8 Å². The van der Waals surface area contributed by atoms with Crippen LogP contribution >= 0.6 is 11.6 Å². The molecule has 174 valence electrons. The normalized spacial score (nSPS) is 16.4. The maximum Gasteiger partial charge on any atom is 0.133 e. The van der Waals surface area contributed by atoms with Crippen LogP contribution in [0.1, 0.15) is 39.7 Å². The van der Waals surface area contributed by atoms with Gasteiger partial charge >= 0.3 is 0 Å². The van der Waals surface area contributed by atoms with Crippen molar-refractivity contribution in [1.29, 1.82) is 0 Å². The fourth-order valence-electron chi connectivity index (χ4n) is 3.24. The van der Waals surface area contributed by atoms with Crippen molar-refractivity contribution in [3.8, 4) is 0 Å². The molecule has 3 nitrogen and oxygen atoms in total. The Balaban J connectivity index is 3.20. The molecule has 6 heteroatoms. The fraction of sp³-hybridized carbons (Fsp3) is 0.346. The minimum absolute atomic E-state index is 0.164. The van der Waals surface area contributed by atoms with Crippen LogP contribution in [0.25, 0.3) is 5.57 Å². The van der Waals surface area contributed by atoms with Crippen molar-refractivity contribution >= 4 is 23.4 Å². The number of aliphatic hydroxyl groups is 1. The monoisotopic (exact) mass is 463 g/mol. The Morgan fingerprint density at radius 1 is 1.34 bits per heavy atom. The van der Waals surface area contributed by atoms with Gasteiger partial charge in [0.25, 0.3) is 0 Å². The number of ether oxygens (including phenoxy) is 1. The summed E-state index contributed by atoms with van der Waals surface area (Å²) in [6.07, 6.45) is 11.6. The third kappa shape index (κ3) is 7.88. The van der Waals surface area contributed by atoms with Crippen molar-refractivity contribution in [2.24, 2.45) is 10.4 Å².